The lowest BCUT2D eigenvalue weighted by molar-refractivity contribution is 0.0711. The molecule has 1 amide bonds. The van der Waals surface area contributed by atoms with Gasteiger partial charge in [-0.05, 0) is 37.5 Å². The highest BCUT2D eigenvalue weighted by atomic mass is 16.5. The van der Waals surface area contributed by atoms with Crippen LogP contribution in [0.25, 0.3) is 0 Å². The summed E-state index contributed by atoms with van der Waals surface area (Å²) in [4.78, 5) is 23.5. The molecule has 2 aromatic heterocycles. The van der Waals surface area contributed by atoms with Crippen LogP contribution in [0.5, 0.6) is 11.6 Å². The van der Waals surface area contributed by atoms with Gasteiger partial charge in [0.25, 0.3) is 5.91 Å². The minimum atomic E-state index is 0.0296. The van der Waals surface area contributed by atoms with Crippen molar-refractivity contribution in [1.82, 2.24) is 24.6 Å². The van der Waals surface area contributed by atoms with Crippen molar-refractivity contribution in [2.75, 3.05) is 13.1 Å². The van der Waals surface area contributed by atoms with E-state index >= 15 is 0 Å². The molecule has 144 valence electrons. The fourth-order valence-electron chi connectivity index (χ4n) is 3.56. The number of ether oxygens (including phenoxy) is 1. The van der Waals surface area contributed by atoms with Crippen LogP contribution >= 0.6 is 0 Å². The van der Waals surface area contributed by atoms with Gasteiger partial charge in [0.2, 0.25) is 5.88 Å². The number of benzene rings is 1. The highest BCUT2D eigenvalue weighted by molar-refractivity contribution is 5.93. The Labute approximate surface area is 164 Å². The van der Waals surface area contributed by atoms with Gasteiger partial charge in [0, 0.05) is 44.6 Å². The van der Waals surface area contributed by atoms with Gasteiger partial charge < -0.3 is 9.64 Å². The summed E-state index contributed by atoms with van der Waals surface area (Å²) in [6.07, 6.45) is 8.38. The van der Waals surface area contributed by atoms with Gasteiger partial charge in [0.05, 0.1) is 11.8 Å². The van der Waals surface area contributed by atoms with Crippen molar-refractivity contribution in [3.8, 4) is 11.6 Å². The van der Waals surface area contributed by atoms with Gasteiger partial charge in [-0.2, -0.15) is 5.10 Å². The number of aryl methyl sites for hydroxylation is 2. The van der Waals surface area contributed by atoms with E-state index in [1.165, 1.54) is 0 Å². The smallest absolute Gasteiger partial charge is 0.257 e. The molecule has 7 heteroatoms. The SMILES string of the molecule is Cc1cccc(Oc2nccnc2C2CCN(C(=O)c3cnn(C)c3)CC2)c1. The van der Waals surface area contributed by atoms with Crippen LogP contribution in [0.4, 0.5) is 0 Å². The van der Waals surface area contributed by atoms with Crippen molar-refractivity contribution >= 4 is 5.91 Å². The molecular formula is C21H23N5O2. The molecule has 3 heterocycles. The Balaban J connectivity index is 1.45. The number of hydrogen-bond donors (Lipinski definition) is 0. The Kier molecular flexibility index (Phi) is 5.06. The number of carbonyl (C=O) groups is 1. The zero-order chi connectivity index (χ0) is 19.5. The summed E-state index contributed by atoms with van der Waals surface area (Å²) in [5.74, 6) is 1.55. The first-order valence-corrected chi connectivity index (χ1v) is 9.43. The summed E-state index contributed by atoms with van der Waals surface area (Å²) < 4.78 is 7.67. The second-order valence-corrected chi connectivity index (χ2v) is 7.13. The van der Waals surface area contributed by atoms with Crippen LogP contribution < -0.4 is 4.74 Å². The number of carbonyl (C=O) groups excluding carboxylic acids is 1. The highest BCUT2D eigenvalue weighted by Gasteiger charge is 2.28. The zero-order valence-corrected chi connectivity index (χ0v) is 16.1. The van der Waals surface area contributed by atoms with E-state index in [1.54, 1.807) is 29.5 Å². The van der Waals surface area contributed by atoms with Crippen LogP contribution in [-0.4, -0.2) is 43.6 Å². The Hall–Kier alpha value is -3.22. The van der Waals surface area contributed by atoms with E-state index in [1.807, 2.05) is 43.1 Å². The maximum Gasteiger partial charge on any atom is 0.257 e. The average molecular weight is 377 g/mol. The van der Waals surface area contributed by atoms with Crippen molar-refractivity contribution in [3.05, 3.63) is 65.9 Å². The molecule has 1 aliphatic heterocycles. The van der Waals surface area contributed by atoms with E-state index in [0.717, 1.165) is 29.8 Å². The summed E-state index contributed by atoms with van der Waals surface area (Å²) in [7, 11) is 1.81. The molecule has 4 rings (SSSR count). The van der Waals surface area contributed by atoms with Crippen LogP contribution in [0.15, 0.2) is 49.1 Å². The fraction of sp³-hybridized carbons (Fsp3) is 0.333. The van der Waals surface area contributed by atoms with Gasteiger partial charge in [-0.3, -0.25) is 14.5 Å². The normalized spacial score (nSPS) is 14.9. The first-order valence-electron chi connectivity index (χ1n) is 9.43. The second kappa shape index (κ2) is 7.80. The third kappa shape index (κ3) is 3.88. The highest BCUT2D eigenvalue weighted by Crippen LogP contribution is 2.33. The summed E-state index contributed by atoms with van der Waals surface area (Å²) >= 11 is 0. The van der Waals surface area contributed by atoms with Gasteiger partial charge in [-0.25, -0.2) is 4.98 Å². The molecule has 7 nitrogen and oxygen atoms in total. The molecule has 3 aromatic rings. The fourth-order valence-corrected chi connectivity index (χ4v) is 3.56. The molecule has 1 aliphatic rings. The first kappa shape index (κ1) is 18.2. The summed E-state index contributed by atoms with van der Waals surface area (Å²) in [5, 5.41) is 4.09. The van der Waals surface area contributed by atoms with Crippen LogP contribution in [-0.2, 0) is 7.05 Å². The monoisotopic (exact) mass is 377 g/mol. The largest absolute Gasteiger partial charge is 0.437 e. The average Bonchev–Trinajstić information content (AvgIpc) is 3.14. The lowest BCUT2D eigenvalue weighted by Crippen LogP contribution is -2.38. The molecule has 1 saturated heterocycles. The van der Waals surface area contributed by atoms with Crippen molar-refractivity contribution in [3.63, 3.8) is 0 Å². The molecule has 0 unspecified atom stereocenters. The number of rotatable bonds is 4. The summed E-state index contributed by atoms with van der Waals surface area (Å²) in [5.41, 5.74) is 2.62. The Morgan fingerprint density at radius 3 is 2.68 bits per heavy atom. The molecule has 0 saturated carbocycles. The van der Waals surface area contributed by atoms with E-state index in [0.29, 0.717) is 24.5 Å². The lowest BCUT2D eigenvalue weighted by Gasteiger charge is -2.31. The maximum atomic E-state index is 12.6. The maximum absolute atomic E-state index is 12.6. The number of nitrogens with zero attached hydrogens (tertiary/aromatic N) is 5. The van der Waals surface area contributed by atoms with Gasteiger partial charge in [0.1, 0.15) is 11.4 Å². The molecule has 0 spiro atoms. The number of amides is 1. The van der Waals surface area contributed by atoms with Crippen molar-refractivity contribution in [2.45, 2.75) is 25.7 Å². The number of aromatic nitrogens is 4. The molecule has 0 bridgehead atoms. The first-order chi connectivity index (χ1) is 13.6. The van der Waals surface area contributed by atoms with Gasteiger partial charge in [-0.1, -0.05) is 12.1 Å². The molecule has 0 atom stereocenters. The minimum Gasteiger partial charge on any atom is -0.437 e. The molecule has 28 heavy (non-hydrogen) atoms. The van der Waals surface area contributed by atoms with E-state index < -0.39 is 0 Å². The summed E-state index contributed by atoms with van der Waals surface area (Å²) in [6.45, 7) is 3.39. The van der Waals surface area contributed by atoms with Crippen molar-refractivity contribution < 1.29 is 9.53 Å². The Morgan fingerprint density at radius 2 is 1.96 bits per heavy atom. The van der Waals surface area contributed by atoms with Crippen LogP contribution in [0, 0.1) is 6.92 Å². The van der Waals surface area contributed by atoms with E-state index in [9.17, 15) is 4.79 Å². The summed E-state index contributed by atoms with van der Waals surface area (Å²) in [6, 6.07) is 7.89. The molecule has 1 aromatic carbocycles. The number of hydrogen-bond acceptors (Lipinski definition) is 5. The quantitative estimate of drug-likeness (QED) is 0.697. The van der Waals surface area contributed by atoms with Gasteiger partial charge >= 0.3 is 0 Å². The van der Waals surface area contributed by atoms with Crippen LogP contribution in [0.3, 0.4) is 0 Å². The van der Waals surface area contributed by atoms with Crippen molar-refractivity contribution in [2.24, 2.45) is 7.05 Å². The number of likely N-dealkylation sites (tertiary alicyclic amines) is 1. The van der Waals surface area contributed by atoms with Gasteiger partial charge in [0.15, 0.2) is 0 Å². The topological polar surface area (TPSA) is 73.1 Å². The lowest BCUT2D eigenvalue weighted by atomic mass is 9.93. The molecular weight excluding hydrogens is 354 g/mol. The van der Waals surface area contributed by atoms with E-state index in [4.69, 9.17) is 4.74 Å². The van der Waals surface area contributed by atoms with Crippen LogP contribution in [0.1, 0.15) is 40.4 Å². The standard InChI is InChI=1S/C21H23N5O2/c1-15-4-3-5-18(12-15)28-20-19(22-8-9-23-20)16-6-10-26(11-7-16)21(27)17-13-24-25(2)14-17/h3-5,8-9,12-14,16H,6-7,10-11H2,1-2H3. The van der Waals surface area contributed by atoms with Gasteiger partial charge in [-0.15, -0.1) is 0 Å². The predicted octanol–water partition coefficient (Wildman–Crippen LogP) is 3.33. The third-order valence-electron chi connectivity index (χ3n) is 5.02. The Bertz CT molecular complexity index is 976. The molecule has 0 aliphatic carbocycles. The van der Waals surface area contributed by atoms with Crippen LogP contribution in [0.2, 0.25) is 0 Å². The molecule has 0 radical (unpaired) electrons. The second-order valence-electron chi connectivity index (χ2n) is 7.13. The third-order valence-corrected chi connectivity index (χ3v) is 5.02. The Morgan fingerprint density at radius 1 is 1.18 bits per heavy atom. The zero-order valence-electron chi connectivity index (χ0n) is 16.1. The van der Waals surface area contributed by atoms with Crippen molar-refractivity contribution in [1.29, 1.82) is 0 Å². The predicted molar refractivity (Wildman–Crippen MR) is 104 cm³/mol. The van der Waals surface area contributed by atoms with E-state index in [2.05, 4.69) is 15.1 Å². The molecule has 1 fully saturated rings. The minimum absolute atomic E-state index is 0.0296. The number of piperidine rings is 1. The molecule has 0 N–H and O–H groups in total. The van der Waals surface area contributed by atoms with E-state index in [-0.39, 0.29) is 11.8 Å².